The fourth-order valence-corrected chi connectivity index (χ4v) is 3.51. The van der Waals surface area contributed by atoms with Crippen LogP contribution in [-0.2, 0) is 10.3 Å². The van der Waals surface area contributed by atoms with Crippen LogP contribution in [0.5, 0.6) is 0 Å². The van der Waals surface area contributed by atoms with E-state index in [0.29, 0.717) is 37.1 Å². The van der Waals surface area contributed by atoms with Crippen molar-refractivity contribution in [1.82, 2.24) is 4.90 Å². The molecule has 1 fully saturated rings. The summed E-state index contributed by atoms with van der Waals surface area (Å²) < 4.78 is 6.30. The molecule has 0 radical (unpaired) electrons. The predicted octanol–water partition coefficient (Wildman–Crippen LogP) is 5.10. The van der Waals surface area contributed by atoms with E-state index in [2.05, 4.69) is 22.0 Å². The van der Waals surface area contributed by atoms with Crippen LogP contribution in [0.25, 0.3) is 0 Å². The number of aliphatic hydroxyl groups is 1. The Morgan fingerprint density at radius 1 is 1.06 bits per heavy atom. The predicted molar refractivity (Wildman–Crippen MR) is 121 cm³/mol. The van der Waals surface area contributed by atoms with Crippen LogP contribution in [0.3, 0.4) is 0 Å². The van der Waals surface area contributed by atoms with Crippen molar-refractivity contribution in [1.29, 1.82) is 10.5 Å². The molecule has 3 rings (SSSR count). The highest BCUT2D eigenvalue weighted by Crippen LogP contribution is 2.33. The second kappa shape index (κ2) is 10.4. The normalized spacial score (nSPS) is 15.0. The van der Waals surface area contributed by atoms with Crippen molar-refractivity contribution in [2.24, 2.45) is 0 Å². The second-order valence-corrected chi connectivity index (χ2v) is 9.23. The van der Waals surface area contributed by atoms with E-state index in [4.69, 9.17) is 15.3 Å². The number of carbonyl (C=O) groups excluding carboxylic acids is 1. The fraction of sp³-hybridized carbons (Fsp3) is 0.375. The highest BCUT2D eigenvalue weighted by atomic mass is 79.9. The van der Waals surface area contributed by atoms with Gasteiger partial charge in [0.25, 0.3) is 0 Å². The maximum absolute atomic E-state index is 12.0. The molecule has 0 aromatic heterocycles. The first-order chi connectivity index (χ1) is 14.6. The lowest BCUT2D eigenvalue weighted by atomic mass is 9.84. The van der Waals surface area contributed by atoms with Gasteiger partial charge in [0.15, 0.2) is 0 Å². The Labute approximate surface area is 191 Å². The number of rotatable bonds is 1. The maximum Gasteiger partial charge on any atom is 0.410 e. The zero-order valence-corrected chi connectivity index (χ0v) is 19.5. The van der Waals surface area contributed by atoms with Crippen molar-refractivity contribution in [2.75, 3.05) is 13.1 Å². The number of amides is 1. The van der Waals surface area contributed by atoms with Gasteiger partial charge in [0, 0.05) is 17.6 Å². The number of nitrogens with zero attached hydrogens (tertiary/aromatic N) is 3. The molecule has 0 aliphatic carbocycles. The number of piperidine rings is 1. The lowest BCUT2D eigenvalue weighted by Crippen LogP contribution is -2.46. The van der Waals surface area contributed by atoms with Gasteiger partial charge in [-0.15, -0.1) is 0 Å². The van der Waals surface area contributed by atoms with E-state index >= 15 is 0 Å². The molecule has 0 saturated carbocycles. The molecular formula is C24H26BrN3O3. The lowest BCUT2D eigenvalue weighted by molar-refractivity contribution is -0.0356. The lowest BCUT2D eigenvalue weighted by Gasteiger charge is -2.39. The van der Waals surface area contributed by atoms with Gasteiger partial charge in [-0.05, 0) is 69.5 Å². The molecule has 1 amide bonds. The van der Waals surface area contributed by atoms with E-state index in [9.17, 15) is 9.90 Å². The summed E-state index contributed by atoms with van der Waals surface area (Å²) in [5.74, 6) is 0. The van der Waals surface area contributed by atoms with E-state index in [1.807, 2.05) is 45.0 Å². The average Bonchev–Trinajstić information content (AvgIpc) is 2.73. The largest absolute Gasteiger partial charge is 0.444 e. The SMILES string of the molecule is CC(C)(C)OC(=O)N1CCC(O)(c2cccc(C#N)c2)CC1.N#Cc1cccc(Br)c1. The molecule has 0 bridgehead atoms. The first kappa shape index (κ1) is 24.4. The number of ether oxygens (including phenoxy) is 1. The second-order valence-electron chi connectivity index (χ2n) is 8.31. The molecule has 1 saturated heterocycles. The van der Waals surface area contributed by atoms with Gasteiger partial charge in [-0.3, -0.25) is 0 Å². The van der Waals surface area contributed by atoms with Crippen molar-refractivity contribution in [3.05, 3.63) is 69.7 Å². The van der Waals surface area contributed by atoms with Crippen LogP contribution in [0.2, 0.25) is 0 Å². The summed E-state index contributed by atoms with van der Waals surface area (Å²) in [4.78, 5) is 13.7. The minimum Gasteiger partial charge on any atom is -0.444 e. The van der Waals surface area contributed by atoms with Crippen LogP contribution in [0.1, 0.15) is 50.3 Å². The van der Waals surface area contributed by atoms with Crippen molar-refractivity contribution in [2.45, 2.75) is 44.8 Å². The van der Waals surface area contributed by atoms with Gasteiger partial charge in [-0.2, -0.15) is 10.5 Å². The van der Waals surface area contributed by atoms with Gasteiger partial charge in [0.1, 0.15) is 5.60 Å². The number of likely N-dealkylation sites (tertiary alicyclic amines) is 1. The van der Waals surface area contributed by atoms with Crippen LogP contribution < -0.4 is 0 Å². The summed E-state index contributed by atoms with van der Waals surface area (Å²) in [6.45, 7) is 6.36. The number of halogens is 1. The molecule has 0 spiro atoms. The van der Waals surface area contributed by atoms with Crippen molar-refractivity contribution in [3.63, 3.8) is 0 Å². The van der Waals surface area contributed by atoms with Gasteiger partial charge in [-0.25, -0.2) is 4.79 Å². The quantitative estimate of drug-likeness (QED) is 0.608. The Morgan fingerprint density at radius 2 is 1.61 bits per heavy atom. The zero-order valence-electron chi connectivity index (χ0n) is 17.9. The smallest absolute Gasteiger partial charge is 0.410 e. The summed E-state index contributed by atoms with van der Waals surface area (Å²) >= 11 is 3.25. The maximum atomic E-state index is 12.0. The number of hydrogen-bond donors (Lipinski definition) is 1. The summed E-state index contributed by atoms with van der Waals surface area (Å²) in [7, 11) is 0. The number of benzene rings is 2. The first-order valence-corrected chi connectivity index (χ1v) is 10.7. The Kier molecular flexibility index (Phi) is 8.21. The van der Waals surface area contributed by atoms with Crippen LogP contribution in [0.15, 0.2) is 53.0 Å². The Balaban J connectivity index is 0.000000316. The van der Waals surface area contributed by atoms with Crippen molar-refractivity contribution in [3.8, 4) is 12.1 Å². The molecule has 1 N–H and O–H groups in total. The number of carbonyl (C=O) groups is 1. The van der Waals surface area contributed by atoms with Gasteiger partial charge >= 0.3 is 6.09 Å². The third kappa shape index (κ3) is 7.40. The molecule has 1 heterocycles. The molecular weight excluding hydrogens is 458 g/mol. The number of hydrogen-bond acceptors (Lipinski definition) is 5. The molecule has 1 aliphatic heterocycles. The fourth-order valence-electron chi connectivity index (χ4n) is 3.11. The molecule has 6 nitrogen and oxygen atoms in total. The molecule has 0 atom stereocenters. The molecule has 31 heavy (non-hydrogen) atoms. The molecule has 0 unspecified atom stereocenters. The summed E-state index contributed by atoms with van der Waals surface area (Å²) in [6, 6.07) is 18.4. The summed E-state index contributed by atoms with van der Waals surface area (Å²) in [6.07, 6.45) is 0.516. The number of nitriles is 2. The molecule has 7 heteroatoms. The van der Waals surface area contributed by atoms with Gasteiger partial charge in [0.2, 0.25) is 0 Å². The van der Waals surface area contributed by atoms with E-state index in [1.165, 1.54) is 0 Å². The summed E-state index contributed by atoms with van der Waals surface area (Å²) in [5, 5.41) is 28.2. The highest BCUT2D eigenvalue weighted by molar-refractivity contribution is 9.10. The van der Waals surface area contributed by atoms with Crippen LogP contribution >= 0.6 is 15.9 Å². The minimum absolute atomic E-state index is 0.347. The van der Waals surface area contributed by atoms with Crippen LogP contribution in [0.4, 0.5) is 4.79 Å². The molecule has 2 aromatic rings. The monoisotopic (exact) mass is 483 g/mol. The molecule has 2 aromatic carbocycles. The Morgan fingerprint density at radius 3 is 2.10 bits per heavy atom. The Bertz CT molecular complexity index is 994. The van der Waals surface area contributed by atoms with Gasteiger partial charge in [0.05, 0.1) is 28.9 Å². The third-order valence-corrected chi connectivity index (χ3v) is 5.22. The van der Waals surface area contributed by atoms with Gasteiger partial charge in [-0.1, -0.05) is 34.1 Å². The van der Waals surface area contributed by atoms with Crippen molar-refractivity contribution >= 4 is 22.0 Å². The highest BCUT2D eigenvalue weighted by Gasteiger charge is 2.36. The minimum atomic E-state index is -0.995. The standard InChI is InChI=1S/C17H22N2O3.C7H4BrN/c1-16(2,3)22-15(20)19-9-7-17(21,8-10-19)14-6-4-5-13(11-14)12-18;8-7-3-1-2-6(4-7)5-9/h4-6,11,21H,7-10H2,1-3H3;1-4H. The van der Waals surface area contributed by atoms with Gasteiger partial charge < -0.3 is 14.7 Å². The summed E-state index contributed by atoms with van der Waals surface area (Å²) in [5.41, 5.74) is 0.428. The zero-order chi connectivity index (χ0) is 23.1. The molecule has 1 aliphatic rings. The van der Waals surface area contributed by atoms with E-state index in [-0.39, 0.29) is 6.09 Å². The van der Waals surface area contributed by atoms with E-state index in [1.54, 1.807) is 35.2 Å². The first-order valence-electron chi connectivity index (χ1n) is 9.93. The van der Waals surface area contributed by atoms with Crippen molar-refractivity contribution < 1.29 is 14.6 Å². The van der Waals surface area contributed by atoms with Crippen LogP contribution in [0, 0.1) is 22.7 Å². The van der Waals surface area contributed by atoms with Crippen LogP contribution in [-0.4, -0.2) is 34.8 Å². The third-order valence-electron chi connectivity index (χ3n) is 4.73. The topological polar surface area (TPSA) is 97.3 Å². The average molecular weight is 484 g/mol. The Hall–Kier alpha value is -2.87. The van der Waals surface area contributed by atoms with E-state index < -0.39 is 11.2 Å². The molecule has 162 valence electrons. The van der Waals surface area contributed by atoms with E-state index in [0.717, 1.165) is 10.0 Å².